The summed E-state index contributed by atoms with van der Waals surface area (Å²) in [5.41, 5.74) is 0.756. The van der Waals surface area contributed by atoms with Gasteiger partial charge in [0, 0.05) is 17.6 Å². The van der Waals surface area contributed by atoms with Gasteiger partial charge in [-0.25, -0.2) is 0 Å². The number of hydrogen-bond acceptors (Lipinski definition) is 9. The molecule has 0 fully saturated rings. The molecule has 4 N–H and O–H groups in total. The Hall–Kier alpha value is -1.65. The van der Waals surface area contributed by atoms with Crippen molar-refractivity contribution in [3.05, 3.63) is 47.6 Å². The number of aliphatic hydroxyl groups is 2. The molecule has 1 spiro atoms. The summed E-state index contributed by atoms with van der Waals surface area (Å²) in [6.45, 7) is 0.420. The van der Waals surface area contributed by atoms with Crippen LogP contribution in [0.1, 0.15) is 18.4 Å². The molecule has 38 heavy (non-hydrogen) atoms. The molecule has 0 unspecified atom stereocenters. The second-order valence-electron chi connectivity index (χ2n) is 8.09. The van der Waals surface area contributed by atoms with Gasteiger partial charge in [-0.2, -0.15) is 0 Å². The predicted octanol–water partition coefficient (Wildman–Crippen LogP) is 3.10. The van der Waals surface area contributed by atoms with Gasteiger partial charge in [0.25, 0.3) is 5.91 Å². The zero-order valence-electron chi connectivity index (χ0n) is 20.1. The quantitative estimate of drug-likeness (QED) is 0.250. The van der Waals surface area contributed by atoms with Gasteiger partial charge in [0.05, 0.1) is 33.6 Å². The molecule has 3 rings (SSSR count). The van der Waals surface area contributed by atoms with E-state index in [0.717, 1.165) is 14.5 Å². The van der Waals surface area contributed by atoms with Crippen LogP contribution in [0.3, 0.4) is 0 Å². The molecule has 15 heteroatoms. The fourth-order valence-corrected chi connectivity index (χ4v) is 6.57. The highest BCUT2D eigenvalue weighted by Crippen LogP contribution is 2.41. The Morgan fingerprint density at radius 3 is 2.55 bits per heavy atom. The van der Waals surface area contributed by atoms with Crippen molar-refractivity contribution in [3.8, 4) is 5.75 Å². The van der Waals surface area contributed by atoms with E-state index < -0.39 is 30.3 Å². The van der Waals surface area contributed by atoms with Gasteiger partial charge in [-0.3, -0.25) is 9.59 Å². The van der Waals surface area contributed by atoms with Gasteiger partial charge in [0.15, 0.2) is 11.8 Å². The van der Waals surface area contributed by atoms with E-state index in [1.807, 2.05) is 12.1 Å². The fourth-order valence-electron chi connectivity index (χ4n) is 3.53. The lowest BCUT2D eigenvalue weighted by molar-refractivity contribution is -0.225. The Morgan fingerprint density at radius 2 is 1.89 bits per heavy atom. The van der Waals surface area contributed by atoms with Crippen molar-refractivity contribution in [2.45, 2.75) is 31.2 Å². The van der Waals surface area contributed by atoms with Crippen LogP contribution in [0.15, 0.2) is 47.2 Å². The summed E-state index contributed by atoms with van der Waals surface area (Å²) in [6.07, 6.45) is 0.988. The first-order valence-corrected chi connectivity index (χ1v) is 14.5. The highest BCUT2D eigenvalue weighted by molar-refractivity contribution is 9.12. The smallest absolute Gasteiger partial charge is 0.311 e. The number of aliphatic hydroxyl groups excluding tert-OH is 2. The number of ether oxygens (including phenoxy) is 3. The minimum Gasteiger partial charge on any atom is -0.495 e. The maximum Gasteiger partial charge on any atom is 0.311 e. The normalized spacial score (nSPS) is 20.7. The van der Waals surface area contributed by atoms with Gasteiger partial charge in [-0.15, -0.1) is 0 Å². The van der Waals surface area contributed by atoms with Gasteiger partial charge in [-0.05, 0) is 78.3 Å². The average molecular weight is 791 g/mol. The zero-order valence-corrected chi connectivity index (χ0v) is 26.4. The van der Waals surface area contributed by atoms with E-state index in [2.05, 4.69) is 79.5 Å². The highest BCUT2D eigenvalue weighted by atomic mass is 79.9. The number of methoxy groups -OCH3 is 1. The number of nitrogens with one attached hydrogen (secondary N) is 2. The number of carbonyl (C=O) groups is 2. The van der Waals surface area contributed by atoms with Crippen LogP contribution in [-0.2, 0) is 30.3 Å². The van der Waals surface area contributed by atoms with Crippen LogP contribution in [0.4, 0.5) is 0 Å². The first kappa shape index (κ1) is 30.9. The maximum atomic E-state index is 12.7. The van der Waals surface area contributed by atoms with Crippen LogP contribution >= 0.6 is 63.7 Å². The van der Waals surface area contributed by atoms with E-state index in [0.29, 0.717) is 46.5 Å². The summed E-state index contributed by atoms with van der Waals surface area (Å²) in [5, 5.41) is 28.7. The minimum absolute atomic E-state index is 0.0525. The molecule has 2 heterocycles. The second kappa shape index (κ2) is 14.1. The van der Waals surface area contributed by atoms with Crippen molar-refractivity contribution in [1.82, 2.24) is 10.6 Å². The third-order valence-corrected chi connectivity index (χ3v) is 7.79. The molecule has 0 saturated heterocycles. The molecule has 2 amide bonds. The van der Waals surface area contributed by atoms with Crippen LogP contribution in [0.25, 0.3) is 0 Å². The molecule has 2 aliphatic rings. The van der Waals surface area contributed by atoms with Crippen molar-refractivity contribution < 1.29 is 38.9 Å². The van der Waals surface area contributed by atoms with Gasteiger partial charge in [0.2, 0.25) is 5.91 Å². The minimum atomic E-state index is -1.61. The lowest BCUT2D eigenvalue weighted by atomic mass is 10.0. The molecule has 0 saturated carbocycles. The number of oxime groups is 1. The van der Waals surface area contributed by atoms with Gasteiger partial charge >= 0.3 is 5.79 Å². The number of nitrogens with zero attached hydrogens (tertiary/aromatic N) is 1. The third-order valence-electron chi connectivity index (χ3n) is 5.43. The summed E-state index contributed by atoms with van der Waals surface area (Å²) in [4.78, 5) is 29.2. The lowest BCUT2D eigenvalue weighted by Crippen LogP contribution is -2.49. The van der Waals surface area contributed by atoms with Crippen LogP contribution < -0.4 is 15.4 Å². The van der Waals surface area contributed by atoms with Crippen molar-refractivity contribution in [3.63, 3.8) is 0 Å². The van der Waals surface area contributed by atoms with Gasteiger partial charge in [-0.1, -0.05) is 21.1 Å². The summed E-state index contributed by atoms with van der Waals surface area (Å²) in [7, 11) is 1.49. The number of amides is 2. The van der Waals surface area contributed by atoms with Gasteiger partial charge in [0.1, 0.15) is 24.4 Å². The summed E-state index contributed by atoms with van der Waals surface area (Å²) < 4.78 is 19.3. The standard InChI is InChI=1S/C23H25Br4N3O8/c1-35-19-15(26)9-23(37-11-16(19)27)21(33)18(30-38-23)22(34)29-4-2-6-36-20-13(24)7-12(8-14(20)25)3-5-28-17(32)10-31/h7-8,11,21,31,33H,2-6,9-10H2,1H3,(H,28,32)(H,29,34)/t21-,23+/m0/s1. The van der Waals surface area contributed by atoms with Crippen LogP contribution in [0.2, 0.25) is 0 Å². The molecule has 0 bridgehead atoms. The van der Waals surface area contributed by atoms with Crippen molar-refractivity contribution >= 4 is 81.2 Å². The topological polar surface area (TPSA) is 148 Å². The molecule has 2 aliphatic heterocycles. The van der Waals surface area contributed by atoms with Crippen molar-refractivity contribution in [2.24, 2.45) is 5.16 Å². The number of benzene rings is 1. The number of hydrogen-bond donors (Lipinski definition) is 4. The zero-order chi connectivity index (χ0) is 27.9. The first-order chi connectivity index (χ1) is 18.1. The van der Waals surface area contributed by atoms with E-state index in [9.17, 15) is 14.7 Å². The Kier molecular flexibility index (Phi) is 11.5. The van der Waals surface area contributed by atoms with Crippen molar-refractivity contribution in [1.29, 1.82) is 0 Å². The summed E-state index contributed by atoms with van der Waals surface area (Å²) >= 11 is 13.7. The highest BCUT2D eigenvalue weighted by Gasteiger charge is 2.54. The summed E-state index contributed by atoms with van der Waals surface area (Å²) in [5.74, 6) is -1.55. The Morgan fingerprint density at radius 1 is 1.18 bits per heavy atom. The monoisotopic (exact) mass is 787 g/mol. The van der Waals surface area contributed by atoms with E-state index in [1.54, 1.807) is 0 Å². The maximum absolute atomic E-state index is 12.7. The van der Waals surface area contributed by atoms with E-state index >= 15 is 0 Å². The van der Waals surface area contributed by atoms with Crippen LogP contribution in [0.5, 0.6) is 5.75 Å². The SMILES string of the molecule is COC1=C(Br)C[C@@]2(OC=C1Br)ON=C(C(=O)NCCCOc1c(Br)cc(CCNC(=O)CO)cc1Br)[C@@H]2O. The largest absolute Gasteiger partial charge is 0.495 e. The number of halogens is 4. The molecule has 1 aromatic carbocycles. The van der Waals surface area contributed by atoms with Crippen LogP contribution in [0, 0.1) is 0 Å². The Labute approximate surface area is 252 Å². The van der Waals surface area contributed by atoms with E-state index in [1.165, 1.54) is 13.4 Å². The van der Waals surface area contributed by atoms with Gasteiger partial charge < -0.3 is 39.9 Å². The van der Waals surface area contributed by atoms with Crippen molar-refractivity contribution in [2.75, 3.05) is 33.4 Å². The van der Waals surface area contributed by atoms with Crippen LogP contribution in [-0.4, -0.2) is 73.0 Å². The molecular weight excluding hydrogens is 766 g/mol. The number of carbonyl (C=O) groups excluding carboxylic acids is 2. The molecule has 0 aliphatic carbocycles. The fraction of sp³-hybridized carbons (Fsp3) is 0.435. The van der Waals surface area contributed by atoms with E-state index in [-0.39, 0.29) is 18.7 Å². The molecule has 2 atom stereocenters. The molecule has 0 aromatic heterocycles. The number of allylic oxidation sites excluding steroid dienone is 1. The third kappa shape index (κ3) is 7.50. The molecule has 0 radical (unpaired) electrons. The molecule has 208 valence electrons. The number of rotatable bonds is 11. The second-order valence-corrected chi connectivity index (χ2v) is 11.6. The summed E-state index contributed by atoms with van der Waals surface area (Å²) in [6, 6.07) is 3.77. The lowest BCUT2D eigenvalue weighted by Gasteiger charge is -2.27. The van der Waals surface area contributed by atoms with E-state index in [4.69, 9.17) is 24.2 Å². The average Bonchev–Trinajstić information content (AvgIpc) is 3.12. The Balaban J connectivity index is 1.46. The molecular formula is C23H25Br4N3O8. The predicted molar refractivity (Wildman–Crippen MR) is 152 cm³/mol. The molecule has 1 aromatic rings. The first-order valence-electron chi connectivity index (χ1n) is 11.3. The Bertz CT molecular complexity index is 1140. The molecule has 11 nitrogen and oxygen atoms in total.